The zero-order chi connectivity index (χ0) is 15.2. The number of hydrogen-bond donors (Lipinski definition) is 1. The van der Waals surface area contributed by atoms with Gasteiger partial charge in [-0.05, 0) is 32.8 Å². The summed E-state index contributed by atoms with van der Waals surface area (Å²) < 4.78 is 19.9. The minimum Gasteiger partial charge on any atom is -0.377 e. The molecule has 2 rings (SSSR count). The lowest BCUT2D eigenvalue weighted by molar-refractivity contribution is 0.00708. The van der Waals surface area contributed by atoms with E-state index < -0.39 is 5.82 Å². The van der Waals surface area contributed by atoms with Gasteiger partial charge in [0.2, 0.25) is 0 Å². The molecule has 2 heterocycles. The maximum atomic E-state index is 14.3. The van der Waals surface area contributed by atoms with Crippen molar-refractivity contribution in [1.29, 1.82) is 0 Å². The number of pyridine rings is 1. The Balaban J connectivity index is 2.14. The average Bonchev–Trinajstić information content (AvgIpc) is 2.50. The summed E-state index contributed by atoms with van der Waals surface area (Å²) in [4.78, 5) is 18.1. The fourth-order valence-electron chi connectivity index (χ4n) is 2.56. The lowest BCUT2D eigenvalue weighted by atomic mass is 10.1. The highest BCUT2D eigenvalue weighted by atomic mass is 19.1. The number of halogens is 1. The average molecular weight is 295 g/mol. The number of amides is 1. The van der Waals surface area contributed by atoms with Crippen molar-refractivity contribution in [3.05, 3.63) is 23.6 Å². The van der Waals surface area contributed by atoms with Crippen LogP contribution in [0.5, 0.6) is 0 Å². The highest BCUT2D eigenvalue weighted by Crippen LogP contribution is 2.20. The molecule has 1 atom stereocenters. The normalized spacial score (nSPS) is 18.6. The second kappa shape index (κ2) is 7.36. The van der Waals surface area contributed by atoms with Crippen LogP contribution in [0.2, 0.25) is 0 Å². The summed E-state index contributed by atoms with van der Waals surface area (Å²) in [7, 11) is 0. The Morgan fingerprint density at radius 3 is 3.10 bits per heavy atom. The number of rotatable bonds is 5. The van der Waals surface area contributed by atoms with Crippen molar-refractivity contribution in [2.24, 2.45) is 0 Å². The van der Waals surface area contributed by atoms with Crippen LogP contribution in [-0.2, 0) is 4.74 Å². The highest BCUT2D eigenvalue weighted by Gasteiger charge is 2.27. The van der Waals surface area contributed by atoms with Crippen LogP contribution in [-0.4, -0.2) is 48.1 Å². The van der Waals surface area contributed by atoms with Gasteiger partial charge >= 0.3 is 0 Å². The number of anilines is 1. The molecule has 21 heavy (non-hydrogen) atoms. The van der Waals surface area contributed by atoms with Crippen molar-refractivity contribution in [3.63, 3.8) is 0 Å². The fraction of sp³-hybridized carbons (Fsp3) is 0.600. The summed E-state index contributed by atoms with van der Waals surface area (Å²) in [5.41, 5.74) is 0.0677. The zero-order valence-corrected chi connectivity index (χ0v) is 12.6. The second-order valence-electron chi connectivity index (χ2n) is 5.02. The Morgan fingerprint density at radius 1 is 1.57 bits per heavy atom. The number of carbonyl (C=O) groups is 1. The molecule has 0 aromatic carbocycles. The van der Waals surface area contributed by atoms with Gasteiger partial charge in [-0.2, -0.15) is 0 Å². The summed E-state index contributed by atoms with van der Waals surface area (Å²) in [5.74, 6) is -0.747. The van der Waals surface area contributed by atoms with Crippen molar-refractivity contribution in [2.45, 2.75) is 32.8 Å². The molecule has 0 radical (unpaired) electrons. The summed E-state index contributed by atoms with van der Waals surface area (Å²) >= 11 is 0. The number of nitrogens with one attached hydrogen (secondary N) is 1. The first kappa shape index (κ1) is 15.7. The molecule has 0 spiro atoms. The number of likely N-dealkylation sites (tertiary alicyclic amines) is 1. The summed E-state index contributed by atoms with van der Waals surface area (Å²) in [6.45, 7) is 6.13. The lowest BCUT2D eigenvalue weighted by Gasteiger charge is -2.32. The monoisotopic (exact) mass is 295 g/mol. The van der Waals surface area contributed by atoms with Gasteiger partial charge in [-0.1, -0.05) is 0 Å². The zero-order valence-electron chi connectivity index (χ0n) is 12.6. The van der Waals surface area contributed by atoms with Crippen LogP contribution >= 0.6 is 0 Å². The Hall–Kier alpha value is -1.69. The Morgan fingerprint density at radius 2 is 2.38 bits per heavy atom. The van der Waals surface area contributed by atoms with E-state index in [-0.39, 0.29) is 23.4 Å². The van der Waals surface area contributed by atoms with E-state index in [4.69, 9.17) is 4.74 Å². The van der Waals surface area contributed by atoms with Crippen LogP contribution < -0.4 is 5.32 Å². The molecule has 1 aliphatic heterocycles. The molecular weight excluding hydrogens is 273 g/mol. The number of carbonyl (C=O) groups excluding carboxylic acids is 1. The van der Waals surface area contributed by atoms with Crippen LogP contribution in [0, 0.1) is 5.82 Å². The van der Waals surface area contributed by atoms with Crippen molar-refractivity contribution >= 4 is 11.7 Å². The fourth-order valence-corrected chi connectivity index (χ4v) is 2.56. The first-order valence-electron chi connectivity index (χ1n) is 7.46. The van der Waals surface area contributed by atoms with Crippen LogP contribution in [0.1, 0.15) is 37.0 Å². The smallest absolute Gasteiger partial charge is 0.257 e. The third-order valence-electron chi connectivity index (χ3n) is 3.53. The molecule has 116 valence electrons. The van der Waals surface area contributed by atoms with Gasteiger partial charge in [0, 0.05) is 32.4 Å². The van der Waals surface area contributed by atoms with E-state index in [0.29, 0.717) is 26.2 Å². The molecule has 0 bridgehead atoms. The van der Waals surface area contributed by atoms with E-state index in [1.165, 1.54) is 12.3 Å². The van der Waals surface area contributed by atoms with Gasteiger partial charge in [0.25, 0.3) is 5.91 Å². The van der Waals surface area contributed by atoms with Crippen LogP contribution in [0.4, 0.5) is 10.2 Å². The van der Waals surface area contributed by atoms with E-state index in [1.54, 1.807) is 4.90 Å². The first-order chi connectivity index (χ1) is 10.2. The minimum absolute atomic E-state index is 0.0471. The van der Waals surface area contributed by atoms with E-state index in [1.807, 2.05) is 13.8 Å². The molecule has 1 aromatic rings. The van der Waals surface area contributed by atoms with Gasteiger partial charge in [0.15, 0.2) is 11.6 Å². The number of hydrogen-bond acceptors (Lipinski definition) is 4. The second-order valence-corrected chi connectivity index (χ2v) is 5.02. The molecular formula is C15H22FN3O2. The standard InChI is InChI=1S/C15H22FN3O2/c1-3-17-14-13(16)12(7-8-18-14)15(20)19-9-5-6-11(10-19)21-4-2/h7-8,11H,3-6,9-10H2,1-2H3,(H,17,18). The third-order valence-corrected chi connectivity index (χ3v) is 3.53. The lowest BCUT2D eigenvalue weighted by Crippen LogP contribution is -2.43. The molecule has 1 saturated heterocycles. The van der Waals surface area contributed by atoms with Gasteiger partial charge in [-0.15, -0.1) is 0 Å². The van der Waals surface area contributed by atoms with E-state index >= 15 is 0 Å². The molecule has 1 amide bonds. The highest BCUT2D eigenvalue weighted by molar-refractivity contribution is 5.95. The largest absolute Gasteiger partial charge is 0.377 e. The maximum Gasteiger partial charge on any atom is 0.257 e. The van der Waals surface area contributed by atoms with Crippen molar-refractivity contribution < 1.29 is 13.9 Å². The number of piperidine rings is 1. The molecule has 1 fully saturated rings. The molecule has 0 saturated carbocycles. The van der Waals surface area contributed by atoms with Crippen molar-refractivity contribution in [3.8, 4) is 0 Å². The Labute approximate surface area is 124 Å². The van der Waals surface area contributed by atoms with E-state index in [0.717, 1.165) is 12.8 Å². The molecule has 6 heteroatoms. The molecule has 5 nitrogen and oxygen atoms in total. The van der Waals surface area contributed by atoms with Crippen LogP contribution in [0.3, 0.4) is 0 Å². The minimum atomic E-state index is -0.581. The summed E-state index contributed by atoms with van der Waals surface area (Å²) in [6.07, 6.45) is 3.33. The quantitative estimate of drug-likeness (QED) is 0.905. The summed E-state index contributed by atoms with van der Waals surface area (Å²) in [6, 6.07) is 1.43. The molecule has 1 N–H and O–H groups in total. The Kier molecular flexibility index (Phi) is 5.50. The van der Waals surface area contributed by atoms with Gasteiger partial charge in [-0.3, -0.25) is 4.79 Å². The van der Waals surface area contributed by atoms with E-state index in [2.05, 4.69) is 10.3 Å². The molecule has 1 unspecified atom stereocenters. The molecule has 1 aliphatic rings. The topological polar surface area (TPSA) is 54.5 Å². The van der Waals surface area contributed by atoms with Crippen molar-refractivity contribution in [1.82, 2.24) is 9.88 Å². The third kappa shape index (κ3) is 3.69. The van der Waals surface area contributed by atoms with Gasteiger partial charge in [0.05, 0.1) is 11.7 Å². The van der Waals surface area contributed by atoms with Crippen LogP contribution in [0.15, 0.2) is 12.3 Å². The SMILES string of the molecule is CCNc1nccc(C(=O)N2CCCC(OCC)C2)c1F. The molecule has 1 aromatic heterocycles. The van der Waals surface area contributed by atoms with E-state index in [9.17, 15) is 9.18 Å². The first-order valence-corrected chi connectivity index (χ1v) is 7.46. The Bertz CT molecular complexity index is 494. The summed E-state index contributed by atoms with van der Waals surface area (Å²) in [5, 5.41) is 2.82. The van der Waals surface area contributed by atoms with Crippen molar-refractivity contribution in [2.75, 3.05) is 31.6 Å². The number of ether oxygens (including phenoxy) is 1. The predicted octanol–water partition coefficient (Wildman–Crippen LogP) is 2.29. The number of nitrogens with zero attached hydrogens (tertiary/aromatic N) is 2. The van der Waals surface area contributed by atoms with Gasteiger partial charge < -0.3 is 15.0 Å². The molecule has 0 aliphatic carbocycles. The van der Waals surface area contributed by atoms with Crippen LogP contribution in [0.25, 0.3) is 0 Å². The predicted molar refractivity (Wildman–Crippen MR) is 78.9 cm³/mol. The maximum absolute atomic E-state index is 14.3. The van der Waals surface area contributed by atoms with Gasteiger partial charge in [0.1, 0.15) is 0 Å². The van der Waals surface area contributed by atoms with Gasteiger partial charge in [-0.25, -0.2) is 9.37 Å². The number of aromatic nitrogens is 1.